The molecule has 0 saturated carbocycles. The van der Waals surface area contributed by atoms with Crippen LogP contribution in [-0.2, 0) is 0 Å². The molecule has 1 saturated heterocycles. The Morgan fingerprint density at radius 1 is 1.50 bits per heavy atom. The smallest absolute Gasteiger partial charge is 0.269 e. The first-order valence-corrected chi connectivity index (χ1v) is 7.35. The molecule has 0 radical (unpaired) electrons. The van der Waals surface area contributed by atoms with Crippen LogP contribution in [0, 0.1) is 16.0 Å². The van der Waals surface area contributed by atoms with Crippen molar-refractivity contribution in [2.24, 2.45) is 11.7 Å². The van der Waals surface area contributed by atoms with Gasteiger partial charge in [0.15, 0.2) is 0 Å². The van der Waals surface area contributed by atoms with Crippen LogP contribution in [0.25, 0.3) is 0 Å². The molecule has 1 heterocycles. The molecule has 2 atom stereocenters. The van der Waals surface area contributed by atoms with E-state index < -0.39 is 0 Å². The molecule has 2 unspecified atom stereocenters. The van der Waals surface area contributed by atoms with E-state index in [9.17, 15) is 10.1 Å². The standard InChI is InChI=1S/C15H23N3O2/c1-2-8-17-9-4-6-13(11-16)15(17)12-5-3-7-14(10-12)18(19)20/h3,5,7,10,13,15H,2,4,6,8-9,11,16H2,1H3. The Kier molecular flexibility index (Phi) is 5.09. The molecule has 0 spiro atoms. The van der Waals surface area contributed by atoms with E-state index in [1.54, 1.807) is 18.2 Å². The summed E-state index contributed by atoms with van der Waals surface area (Å²) in [4.78, 5) is 13.1. The Bertz CT molecular complexity index is 462. The predicted octanol–water partition coefficient (Wildman–Crippen LogP) is 2.72. The molecule has 1 aromatic carbocycles. The molecule has 0 aliphatic carbocycles. The second-order valence-corrected chi connectivity index (χ2v) is 5.47. The molecule has 2 N–H and O–H groups in total. The lowest BCUT2D eigenvalue weighted by atomic mass is 9.84. The van der Waals surface area contributed by atoms with E-state index in [-0.39, 0.29) is 16.7 Å². The monoisotopic (exact) mass is 277 g/mol. The number of nitrogens with zero attached hydrogens (tertiary/aromatic N) is 2. The molecule has 110 valence electrons. The fourth-order valence-corrected chi connectivity index (χ4v) is 3.24. The Balaban J connectivity index is 2.32. The van der Waals surface area contributed by atoms with Gasteiger partial charge < -0.3 is 5.73 Å². The van der Waals surface area contributed by atoms with Gasteiger partial charge in [-0.3, -0.25) is 15.0 Å². The Labute approximate surface area is 119 Å². The SMILES string of the molecule is CCCN1CCCC(CN)C1c1cccc([N+](=O)[O-])c1. The molecular formula is C15H23N3O2. The first-order chi connectivity index (χ1) is 9.67. The zero-order valence-electron chi connectivity index (χ0n) is 12.0. The zero-order chi connectivity index (χ0) is 14.5. The summed E-state index contributed by atoms with van der Waals surface area (Å²) >= 11 is 0. The maximum Gasteiger partial charge on any atom is 0.269 e. The van der Waals surface area contributed by atoms with Crippen LogP contribution in [0.4, 0.5) is 5.69 Å². The number of hydrogen-bond acceptors (Lipinski definition) is 4. The Hall–Kier alpha value is -1.46. The summed E-state index contributed by atoms with van der Waals surface area (Å²) in [6, 6.07) is 7.25. The minimum atomic E-state index is -0.325. The number of non-ortho nitro benzene ring substituents is 1. The minimum absolute atomic E-state index is 0.167. The highest BCUT2D eigenvalue weighted by molar-refractivity contribution is 5.36. The molecule has 20 heavy (non-hydrogen) atoms. The van der Waals surface area contributed by atoms with Crippen LogP contribution in [0.15, 0.2) is 24.3 Å². The molecular weight excluding hydrogens is 254 g/mol. The number of hydrogen-bond donors (Lipinski definition) is 1. The Morgan fingerprint density at radius 3 is 2.95 bits per heavy atom. The molecule has 1 aromatic rings. The highest BCUT2D eigenvalue weighted by atomic mass is 16.6. The zero-order valence-corrected chi connectivity index (χ0v) is 12.0. The first-order valence-electron chi connectivity index (χ1n) is 7.35. The van der Waals surface area contributed by atoms with E-state index in [0.29, 0.717) is 12.5 Å². The van der Waals surface area contributed by atoms with Gasteiger partial charge in [0.25, 0.3) is 5.69 Å². The maximum absolute atomic E-state index is 11.0. The van der Waals surface area contributed by atoms with Gasteiger partial charge >= 0.3 is 0 Å². The molecule has 0 amide bonds. The molecule has 2 rings (SSSR count). The fraction of sp³-hybridized carbons (Fsp3) is 0.600. The number of benzene rings is 1. The summed E-state index contributed by atoms with van der Waals surface area (Å²) in [6.45, 7) is 4.87. The van der Waals surface area contributed by atoms with Crippen LogP contribution < -0.4 is 5.73 Å². The summed E-state index contributed by atoms with van der Waals surface area (Å²) in [6.07, 6.45) is 3.35. The van der Waals surface area contributed by atoms with Crippen molar-refractivity contribution >= 4 is 5.69 Å². The molecule has 1 aliphatic rings. The number of rotatable bonds is 5. The molecule has 1 aliphatic heterocycles. The fourth-order valence-electron chi connectivity index (χ4n) is 3.24. The van der Waals surface area contributed by atoms with Crippen LogP contribution in [-0.4, -0.2) is 29.5 Å². The van der Waals surface area contributed by atoms with Crippen LogP contribution in [0.3, 0.4) is 0 Å². The second kappa shape index (κ2) is 6.81. The number of nitro benzene ring substituents is 1. The Morgan fingerprint density at radius 2 is 2.30 bits per heavy atom. The minimum Gasteiger partial charge on any atom is -0.330 e. The summed E-state index contributed by atoms with van der Waals surface area (Å²) in [5, 5.41) is 11.0. The summed E-state index contributed by atoms with van der Waals surface area (Å²) in [7, 11) is 0. The number of nitrogens with two attached hydrogens (primary N) is 1. The van der Waals surface area contributed by atoms with E-state index in [1.807, 2.05) is 6.07 Å². The van der Waals surface area contributed by atoms with Gasteiger partial charge in [-0.25, -0.2) is 0 Å². The van der Waals surface area contributed by atoms with Gasteiger partial charge in [0.1, 0.15) is 0 Å². The van der Waals surface area contributed by atoms with E-state index in [4.69, 9.17) is 5.73 Å². The number of nitro groups is 1. The van der Waals surface area contributed by atoms with Gasteiger partial charge in [0.05, 0.1) is 4.92 Å². The maximum atomic E-state index is 11.0. The lowest BCUT2D eigenvalue weighted by Gasteiger charge is -2.41. The lowest BCUT2D eigenvalue weighted by molar-refractivity contribution is -0.385. The first kappa shape index (κ1) is 14.9. The molecule has 0 aromatic heterocycles. The average Bonchev–Trinajstić information content (AvgIpc) is 2.47. The van der Waals surface area contributed by atoms with Crippen LogP contribution in [0.2, 0.25) is 0 Å². The van der Waals surface area contributed by atoms with Crippen molar-refractivity contribution < 1.29 is 4.92 Å². The van der Waals surface area contributed by atoms with E-state index in [0.717, 1.165) is 37.9 Å². The topological polar surface area (TPSA) is 72.4 Å². The predicted molar refractivity (Wildman–Crippen MR) is 79.5 cm³/mol. The summed E-state index contributed by atoms with van der Waals surface area (Å²) in [5.74, 6) is 0.386. The van der Waals surface area contributed by atoms with Crippen molar-refractivity contribution in [2.75, 3.05) is 19.6 Å². The van der Waals surface area contributed by atoms with Crippen LogP contribution in [0.1, 0.15) is 37.8 Å². The highest BCUT2D eigenvalue weighted by Crippen LogP contribution is 2.36. The average molecular weight is 277 g/mol. The number of piperidine rings is 1. The van der Waals surface area contributed by atoms with Crippen molar-refractivity contribution in [3.63, 3.8) is 0 Å². The normalized spacial score (nSPS) is 23.7. The largest absolute Gasteiger partial charge is 0.330 e. The van der Waals surface area contributed by atoms with Crippen molar-refractivity contribution in [3.8, 4) is 0 Å². The molecule has 0 bridgehead atoms. The van der Waals surface area contributed by atoms with Crippen molar-refractivity contribution in [2.45, 2.75) is 32.2 Å². The van der Waals surface area contributed by atoms with Gasteiger partial charge in [-0.05, 0) is 50.4 Å². The van der Waals surface area contributed by atoms with Crippen molar-refractivity contribution in [1.29, 1.82) is 0 Å². The molecule has 5 nitrogen and oxygen atoms in total. The summed E-state index contributed by atoms with van der Waals surface area (Å²) < 4.78 is 0. The second-order valence-electron chi connectivity index (χ2n) is 5.47. The molecule has 1 fully saturated rings. The lowest BCUT2D eigenvalue weighted by Crippen LogP contribution is -2.41. The summed E-state index contributed by atoms with van der Waals surface area (Å²) in [5.41, 5.74) is 7.12. The third kappa shape index (κ3) is 3.16. The highest BCUT2D eigenvalue weighted by Gasteiger charge is 2.31. The van der Waals surface area contributed by atoms with E-state index >= 15 is 0 Å². The van der Waals surface area contributed by atoms with Gasteiger partial charge in [-0.2, -0.15) is 0 Å². The van der Waals surface area contributed by atoms with Crippen LogP contribution in [0.5, 0.6) is 0 Å². The van der Waals surface area contributed by atoms with E-state index in [2.05, 4.69) is 11.8 Å². The quantitative estimate of drug-likeness (QED) is 0.663. The third-order valence-corrected chi connectivity index (χ3v) is 4.10. The van der Waals surface area contributed by atoms with Crippen molar-refractivity contribution in [1.82, 2.24) is 4.90 Å². The third-order valence-electron chi connectivity index (χ3n) is 4.10. The molecule has 5 heteroatoms. The van der Waals surface area contributed by atoms with E-state index in [1.165, 1.54) is 0 Å². The van der Waals surface area contributed by atoms with Gasteiger partial charge in [0.2, 0.25) is 0 Å². The van der Waals surface area contributed by atoms with Crippen LogP contribution >= 0.6 is 0 Å². The number of likely N-dealkylation sites (tertiary alicyclic amines) is 1. The van der Waals surface area contributed by atoms with Gasteiger partial charge in [-0.1, -0.05) is 19.1 Å². The van der Waals surface area contributed by atoms with Gasteiger partial charge in [0, 0.05) is 18.2 Å². The van der Waals surface area contributed by atoms with Gasteiger partial charge in [-0.15, -0.1) is 0 Å². The van der Waals surface area contributed by atoms with Crippen molar-refractivity contribution in [3.05, 3.63) is 39.9 Å².